The van der Waals surface area contributed by atoms with Crippen LogP contribution in [0, 0.1) is 5.92 Å². The van der Waals surface area contributed by atoms with Gasteiger partial charge in [0.25, 0.3) is 0 Å². The molecule has 1 rings (SSSR count). The molecule has 0 unspecified atom stereocenters. The van der Waals surface area contributed by atoms with Crippen molar-refractivity contribution in [3.63, 3.8) is 0 Å². The monoisotopic (exact) mass is 158 g/mol. The molecule has 0 aromatic heterocycles. The van der Waals surface area contributed by atoms with Gasteiger partial charge in [0.15, 0.2) is 0 Å². The van der Waals surface area contributed by atoms with Crippen LogP contribution in [0.3, 0.4) is 0 Å². The summed E-state index contributed by atoms with van der Waals surface area (Å²) in [4.78, 5) is 9.91. The van der Waals surface area contributed by atoms with Gasteiger partial charge in [-0.15, -0.1) is 0 Å². The van der Waals surface area contributed by atoms with Gasteiger partial charge in [0.2, 0.25) is 0 Å². The molecule has 1 aliphatic rings. The van der Waals surface area contributed by atoms with E-state index in [1.807, 2.05) is 0 Å². The first kappa shape index (κ1) is 8.37. The highest BCUT2D eigenvalue weighted by atomic mass is 16.7. The second-order valence-corrected chi connectivity index (χ2v) is 3.05. The summed E-state index contributed by atoms with van der Waals surface area (Å²) in [6.45, 7) is 0.367. The first-order valence-electron chi connectivity index (χ1n) is 4.15. The van der Waals surface area contributed by atoms with Crippen LogP contribution in [-0.4, -0.2) is 17.9 Å². The highest BCUT2D eigenvalue weighted by molar-refractivity contribution is 5.56. The third-order valence-electron chi connectivity index (χ3n) is 2.21. The van der Waals surface area contributed by atoms with Crippen molar-refractivity contribution >= 4 is 6.16 Å². The van der Waals surface area contributed by atoms with E-state index in [4.69, 9.17) is 5.11 Å². The SMILES string of the molecule is O=C(O)OCCCC1CCC1. The van der Waals surface area contributed by atoms with E-state index >= 15 is 0 Å². The Morgan fingerprint density at radius 3 is 2.73 bits per heavy atom. The number of carboxylic acid groups (broad SMARTS) is 1. The van der Waals surface area contributed by atoms with Crippen LogP contribution < -0.4 is 0 Å². The fourth-order valence-corrected chi connectivity index (χ4v) is 1.31. The molecule has 64 valence electrons. The molecule has 0 heterocycles. The van der Waals surface area contributed by atoms with E-state index in [0.29, 0.717) is 6.61 Å². The smallest absolute Gasteiger partial charge is 0.450 e. The summed E-state index contributed by atoms with van der Waals surface area (Å²) in [6.07, 6.45) is 4.87. The Balaban J connectivity index is 1.83. The van der Waals surface area contributed by atoms with E-state index < -0.39 is 6.16 Å². The van der Waals surface area contributed by atoms with Crippen molar-refractivity contribution in [2.75, 3.05) is 6.61 Å². The van der Waals surface area contributed by atoms with Crippen molar-refractivity contribution < 1.29 is 14.6 Å². The fourth-order valence-electron chi connectivity index (χ4n) is 1.31. The lowest BCUT2D eigenvalue weighted by atomic mass is 9.82. The van der Waals surface area contributed by atoms with E-state index in [1.54, 1.807) is 0 Å². The summed E-state index contributed by atoms with van der Waals surface area (Å²) in [5.74, 6) is 0.854. The van der Waals surface area contributed by atoms with Crippen LogP contribution in [0.1, 0.15) is 32.1 Å². The maximum Gasteiger partial charge on any atom is 0.505 e. The highest BCUT2D eigenvalue weighted by Crippen LogP contribution is 2.30. The maximum absolute atomic E-state index is 9.91. The molecule has 0 spiro atoms. The summed E-state index contributed by atoms with van der Waals surface area (Å²) in [5, 5.41) is 8.13. The Hall–Kier alpha value is -0.730. The van der Waals surface area contributed by atoms with E-state index in [9.17, 15) is 4.79 Å². The zero-order valence-electron chi connectivity index (χ0n) is 6.58. The summed E-state index contributed by atoms with van der Waals surface area (Å²) >= 11 is 0. The number of rotatable bonds is 4. The van der Waals surface area contributed by atoms with Crippen LogP contribution in [0.4, 0.5) is 4.79 Å². The molecule has 0 aromatic rings. The largest absolute Gasteiger partial charge is 0.505 e. The lowest BCUT2D eigenvalue weighted by molar-refractivity contribution is 0.0873. The molecule has 0 saturated heterocycles. The van der Waals surface area contributed by atoms with Gasteiger partial charge in [0, 0.05) is 0 Å². The lowest BCUT2D eigenvalue weighted by Gasteiger charge is -2.24. The standard InChI is InChI=1S/C8H14O3/c9-8(10)11-6-2-5-7-3-1-4-7/h7H,1-6H2,(H,9,10). The Kier molecular flexibility index (Phi) is 3.20. The van der Waals surface area contributed by atoms with E-state index in [-0.39, 0.29) is 0 Å². The third-order valence-corrected chi connectivity index (χ3v) is 2.21. The number of hydrogen-bond donors (Lipinski definition) is 1. The van der Waals surface area contributed by atoms with Gasteiger partial charge in [-0.3, -0.25) is 0 Å². The van der Waals surface area contributed by atoms with Gasteiger partial charge in [-0.25, -0.2) is 4.79 Å². The minimum absolute atomic E-state index is 0.367. The molecule has 1 aliphatic carbocycles. The van der Waals surface area contributed by atoms with Crippen molar-refractivity contribution in [3.8, 4) is 0 Å². The molecular formula is C8H14O3. The van der Waals surface area contributed by atoms with Gasteiger partial charge in [-0.05, 0) is 18.8 Å². The first-order chi connectivity index (χ1) is 5.29. The molecule has 0 aromatic carbocycles. The Labute approximate surface area is 66.4 Å². The molecule has 0 atom stereocenters. The third kappa shape index (κ3) is 3.25. The summed E-state index contributed by atoms with van der Waals surface area (Å²) in [6, 6.07) is 0. The highest BCUT2D eigenvalue weighted by Gasteiger charge is 2.16. The van der Waals surface area contributed by atoms with Crippen molar-refractivity contribution in [1.82, 2.24) is 0 Å². The predicted molar refractivity (Wildman–Crippen MR) is 40.6 cm³/mol. The van der Waals surface area contributed by atoms with E-state index in [1.165, 1.54) is 19.3 Å². The fraction of sp³-hybridized carbons (Fsp3) is 0.875. The second kappa shape index (κ2) is 4.21. The number of hydrogen-bond acceptors (Lipinski definition) is 2. The second-order valence-electron chi connectivity index (χ2n) is 3.05. The minimum atomic E-state index is -1.15. The van der Waals surface area contributed by atoms with Gasteiger partial charge in [0.05, 0.1) is 6.61 Å². The molecule has 0 aliphatic heterocycles. The molecule has 3 nitrogen and oxygen atoms in total. The van der Waals surface area contributed by atoms with Gasteiger partial charge in [-0.2, -0.15) is 0 Å². The Bertz CT molecular complexity index is 129. The molecular weight excluding hydrogens is 144 g/mol. The maximum atomic E-state index is 9.91. The first-order valence-corrected chi connectivity index (χ1v) is 4.15. The van der Waals surface area contributed by atoms with Gasteiger partial charge < -0.3 is 9.84 Å². The molecule has 11 heavy (non-hydrogen) atoms. The normalized spacial score (nSPS) is 17.5. The Morgan fingerprint density at radius 2 is 2.27 bits per heavy atom. The molecule has 1 saturated carbocycles. The van der Waals surface area contributed by atoms with Crippen molar-refractivity contribution in [1.29, 1.82) is 0 Å². The zero-order chi connectivity index (χ0) is 8.10. The predicted octanol–water partition coefficient (Wildman–Crippen LogP) is 2.26. The molecule has 1 N–H and O–H groups in total. The quantitative estimate of drug-likeness (QED) is 0.504. The average Bonchev–Trinajstić information content (AvgIpc) is 1.82. The Morgan fingerprint density at radius 1 is 1.55 bits per heavy atom. The van der Waals surface area contributed by atoms with Crippen LogP contribution in [0.25, 0.3) is 0 Å². The van der Waals surface area contributed by atoms with Gasteiger partial charge >= 0.3 is 6.16 Å². The van der Waals surface area contributed by atoms with Gasteiger partial charge in [-0.1, -0.05) is 19.3 Å². The van der Waals surface area contributed by atoms with E-state index in [2.05, 4.69) is 4.74 Å². The molecule has 3 heteroatoms. The summed E-state index contributed by atoms with van der Waals surface area (Å²) < 4.78 is 4.38. The summed E-state index contributed by atoms with van der Waals surface area (Å²) in [5.41, 5.74) is 0. The van der Waals surface area contributed by atoms with Crippen molar-refractivity contribution in [3.05, 3.63) is 0 Å². The van der Waals surface area contributed by atoms with E-state index in [0.717, 1.165) is 18.8 Å². The molecule has 1 fully saturated rings. The van der Waals surface area contributed by atoms with Crippen molar-refractivity contribution in [2.45, 2.75) is 32.1 Å². The van der Waals surface area contributed by atoms with Crippen molar-refractivity contribution in [2.24, 2.45) is 5.92 Å². The van der Waals surface area contributed by atoms with Crippen LogP contribution in [-0.2, 0) is 4.74 Å². The van der Waals surface area contributed by atoms with Crippen LogP contribution >= 0.6 is 0 Å². The molecule has 0 bridgehead atoms. The van der Waals surface area contributed by atoms with Crippen LogP contribution in [0.5, 0.6) is 0 Å². The van der Waals surface area contributed by atoms with Gasteiger partial charge in [0.1, 0.15) is 0 Å². The van der Waals surface area contributed by atoms with Crippen LogP contribution in [0.2, 0.25) is 0 Å². The minimum Gasteiger partial charge on any atom is -0.450 e. The molecule has 0 amide bonds. The molecule has 0 radical (unpaired) electrons. The summed E-state index contributed by atoms with van der Waals surface area (Å²) in [7, 11) is 0. The average molecular weight is 158 g/mol. The topological polar surface area (TPSA) is 46.5 Å². The van der Waals surface area contributed by atoms with Crippen LogP contribution in [0.15, 0.2) is 0 Å². The number of carbonyl (C=O) groups is 1. The number of ether oxygens (including phenoxy) is 1. The lowest BCUT2D eigenvalue weighted by Crippen LogP contribution is -2.12. The zero-order valence-corrected chi connectivity index (χ0v) is 6.58.